The highest BCUT2D eigenvalue weighted by Crippen LogP contribution is 2.54. The Bertz CT molecular complexity index is 1440. The lowest BCUT2D eigenvalue weighted by Crippen LogP contribution is -2.50. The number of pyridine rings is 1. The van der Waals surface area contributed by atoms with Crippen LogP contribution in [-0.4, -0.2) is 71.0 Å². The summed E-state index contributed by atoms with van der Waals surface area (Å²) < 4.78 is 105. The SMILES string of the molecule is COC(CN(C(=O)c1cc(-c2cnn(-c3c(Cl)cc(C(F)(C(F)(F)F)C(F)(F)F)cc3Cl)c2)cnc1Cl)C1CC1)OC. The first-order chi connectivity index (χ1) is 19.5. The molecule has 0 atom stereocenters. The van der Waals surface area contributed by atoms with Gasteiger partial charge in [0.2, 0.25) is 0 Å². The molecule has 3 aromatic rings. The first-order valence-corrected chi connectivity index (χ1v) is 13.1. The molecule has 2 aromatic heterocycles. The summed E-state index contributed by atoms with van der Waals surface area (Å²) in [4.78, 5) is 19.0. The summed E-state index contributed by atoms with van der Waals surface area (Å²) in [5.41, 5.74) is -7.19. The molecule has 0 unspecified atom stereocenters. The summed E-state index contributed by atoms with van der Waals surface area (Å²) in [5, 5.41) is 2.47. The van der Waals surface area contributed by atoms with E-state index < -0.39 is 45.8 Å². The van der Waals surface area contributed by atoms with Crippen molar-refractivity contribution >= 4 is 40.7 Å². The van der Waals surface area contributed by atoms with Crippen LogP contribution in [0.5, 0.6) is 0 Å². The lowest BCUT2D eigenvalue weighted by molar-refractivity contribution is -0.348. The minimum atomic E-state index is -6.35. The second-order valence-corrected chi connectivity index (χ2v) is 10.4. The third kappa shape index (κ3) is 6.05. The predicted octanol–water partition coefficient (Wildman–Crippen LogP) is 7.41. The van der Waals surface area contributed by atoms with E-state index in [1.807, 2.05) is 0 Å². The Morgan fingerprint density at radius 3 is 2.05 bits per heavy atom. The van der Waals surface area contributed by atoms with Gasteiger partial charge in [-0.2, -0.15) is 31.4 Å². The number of alkyl halides is 7. The van der Waals surface area contributed by atoms with Crippen LogP contribution in [0.3, 0.4) is 0 Å². The van der Waals surface area contributed by atoms with Crippen molar-refractivity contribution in [1.82, 2.24) is 19.7 Å². The van der Waals surface area contributed by atoms with Gasteiger partial charge in [0.25, 0.3) is 5.91 Å². The van der Waals surface area contributed by atoms with Crippen molar-refractivity contribution in [2.45, 2.75) is 43.2 Å². The summed E-state index contributed by atoms with van der Waals surface area (Å²) in [6, 6.07) is 1.77. The van der Waals surface area contributed by atoms with Crippen molar-refractivity contribution in [2.75, 3.05) is 20.8 Å². The Balaban J connectivity index is 1.69. The van der Waals surface area contributed by atoms with E-state index in [4.69, 9.17) is 44.3 Å². The summed E-state index contributed by atoms with van der Waals surface area (Å²) in [6.07, 6.45) is -7.96. The minimum absolute atomic E-state index is 0.0437. The molecule has 1 fully saturated rings. The first kappa shape index (κ1) is 32.3. The fraction of sp³-hybridized carbons (Fsp3) is 0.400. The Labute approximate surface area is 249 Å². The van der Waals surface area contributed by atoms with E-state index in [0.717, 1.165) is 17.5 Å². The van der Waals surface area contributed by atoms with Crippen molar-refractivity contribution in [2.24, 2.45) is 0 Å². The maximum Gasteiger partial charge on any atom is 0.435 e. The number of methoxy groups -OCH3 is 2. The topological polar surface area (TPSA) is 69.5 Å². The third-order valence-corrected chi connectivity index (χ3v) is 7.41. The second-order valence-electron chi connectivity index (χ2n) is 9.27. The smallest absolute Gasteiger partial charge is 0.354 e. The predicted molar refractivity (Wildman–Crippen MR) is 139 cm³/mol. The summed E-state index contributed by atoms with van der Waals surface area (Å²) in [7, 11) is 2.87. The number of carbonyl (C=O) groups excluding carboxylic acids is 1. The van der Waals surface area contributed by atoms with Crippen LogP contribution < -0.4 is 0 Å². The Morgan fingerprint density at radius 1 is 0.976 bits per heavy atom. The number of benzene rings is 1. The quantitative estimate of drug-likeness (QED) is 0.136. The highest BCUT2D eigenvalue weighted by molar-refractivity contribution is 6.38. The number of rotatable bonds is 9. The number of carbonyl (C=O) groups is 1. The van der Waals surface area contributed by atoms with Gasteiger partial charge in [0.05, 0.1) is 28.4 Å². The number of amides is 1. The lowest BCUT2D eigenvalue weighted by Gasteiger charge is -2.30. The average Bonchev–Trinajstić information content (AvgIpc) is 3.63. The van der Waals surface area contributed by atoms with Crippen molar-refractivity contribution < 1.29 is 45.0 Å². The molecule has 1 aliphatic carbocycles. The van der Waals surface area contributed by atoms with E-state index in [1.165, 1.54) is 38.9 Å². The number of hydrogen-bond acceptors (Lipinski definition) is 5. The largest absolute Gasteiger partial charge is 0.435 e. The van der Waals surface area contributed by atoms with Gasteiger partial charge in [-0.15, -0.1) is 0 Å². The zero-order valence-electron chi connectivity index (χ0n) is 21.5. The molecule has 1 saturated carbocycles. The van der Waals surface area contributed by atoms with Crippen molar-refractivity contribution in [1.29, 1.82) is 0 Å². The average molecular weight is 664 g/mol. The van der Waals surface area contributed by atoms with E-state index >= 15 is 0 Å². The van der Waals surface area contributed by atoms with Crippen LogP contribution in [0.1, 0.15) is 28.8 Å². The van der Waals surface area contributed by atoms with Gasteiger partial charge >= 0.3 is 18.0 Å². The monoisotopic (exact) mass is 662 g/mol. The fourth-order valence-electron chi connectivity index (χ4n) is 4.17. The van der Waals surface area contributed by atoms with Crippen LogP contribution in [-0.2, 0) is 15.1 Å². The van der Waals surface area contributed by atoms with Gasteiger partial charge < -0.3 is 14.4 Å². The van der Waals surface area contributed by atoms with E-state index in [2.05, 4.69) is 10.1 Å². The van der Waals surface area contributed by atoms with E-state index in [0.29, 0.717) is 11.1 Å². The normalized spacial score (nSPS) is 14.5. The highest BCUT2D eigenvalue weighted by atomic mass is 35.5. The maximum absolute atomic E-state index is 14.6. The molecule has 2 heterocycles. The van der Waals surface area contributed by atoms with Crippen molar-refractivity contribution in [3.05, 3.63) is 63.1 Å². The number of nitrogens with zero attached hydrogens (tertiary/aromatic N) is 4. The fourth-order valence-corrected chi connectivity index (χ4v) is 5.01. The van der Waals surface area contributed by atoms with Gasteiger partial charge in [0, 0.05) is 49.3 Å². The molecular weight excluding hydrogens is 644 g/mol. The molecule has 0 spiro atoms. The van der Waals surface area contributed by atoms with Gasteiger partial charge in [0.1, 0.15) is 10.8 Å². The molecule has 0 saturated heterocycles. The molecule has 17 heteroatoms. The molecule has 1 aromatic carbocycles. The molecule has 1 aliphatic rings. The Hall–Kier alpha value is -2.65. The van der Waals surface area contributed by atoms with Crippen molar-refractivity contribution in [3.8, 4) is 16.8 Å². The third-order valence-electron chi connectivity index (χ3n) is 6.53. The number of aromatic nitrogens is 3. The van der Waals surface area contributed by atoms with Gasteiger partial charge in [-0.1, -0.05) is 34.8 Å². The Morgan fingerprint density at radius 2 is 1.55 bits per heavy atom. The first-order valence-electron chi connectivity index (χ1n) is 11.9. The van der Waals surface area contributed by atoms with Crippen LogP contribution in [0.25, 0.3) is 16.8 Å². The summed E-state index contributed by atoms with van der Waals surface area (Å²) in [5.74, 6) is -0.436. The standard InChI is InChI=1S/C25H20Cl3F7N4O3/c1-41-19(42-2)11-38(15-3-4-15)22(40)16-5-12(8-36-21(16)28)13-9-37-39(10-13)20-17(26)6-14(7-18(20)27)23(29,24(30,31)32)25(33,34)35/h5-10,15,19H,3-4,11H2,1-2H3. The number of ether oxygens (including phenoxy) is 2. The summed E-state index contributed by atoms with van der Waals surface area (Å²) >= 11 is 18.3. The molecule has 1 amide bonds. The minimum Gasteiger partial charge on any atom is -0.354 e. The Kier molecular flexibility index (Phi) is 9.06. The lowest BCUT2D eigenvalue weighted by atomic mass is 9.94. The van der Waals surface area contributed by atoms with Crippen LogP contribution in [0.15, 0.2) is 36.8 Å². The van der Waals surface area contributed by atoms with E-state index in [9.17, 15) is 35.5 Å². The van der Waals surface area contributed by atoms with E-state index in [1.54, 1.807) is 4.90 Å². The number of halogens is 10. The van der Waals surface area contributed by atoms with E-state index in [-0.39, 0.29) is 41.1 Å². The molecule has 228 valence electrons. The van der Waals surface area contributed by atoms with Gasteiger partial charge in [-0.25, -0.2) is 14.1 Å². The molecule has 0 N–H and O–H groups in total. The maximum atomic E-state index is 14.6. The van der Waals surface area contributed by atoms with Crippen LogP contribution >= 0.6 is 34.8 Å². The van der Waals surface area contributed by atoms with Crippen LogP contribution in [0.4, 0.5) is 30.7 Å². The molecule has 7 nitrogen and oxygen atoms in total. The molecule has 0 bridgehead atoms. The highest BCUT2D eigenvalue weighted by Gasteiger charge is 2.73. The molecule has 0 radical (unpaired) electrons. The van der Waals surface area contributed by atoms with Crippen LogP contribution in [0, 0.1) is 0 Å². The molecule has 42 heavy (non-hydrogen) atoms. The molecular formula is C25H20Cl3F7N4O3. The van der Waals surface area contributed by atoms with Gasteiger partial charge in [-0.3, -0.25) is 4.79 Å². The summed E-state index contributed by atoms with van der Waals surface area (Å²) in [6.45, 7) is 0.130. The number of hydrogen-bond donors (Lipinski definition) is 0. The zero-order valence-corrected chi connectivity index (χ0v) is 23.8. The van der Waals surface area contributed by atoms with Crippen molar-refractivity contribution in [3.63, 3.8) is 0 Å². The second kappa shape index (κ2) is 11.8. The van der Waals surface area contributed by atoms with Crippen LogP contribution in [0.2, 0.25) is 15.2 Å². The molecule has 0 aliphatic heterocycles. The molecule has 4 rings (SSSR count). The zero-order chi connectivity index (χ0) is 31.2. The van der Waals surface area contributed by atoms with Gasteiger partial charge in [0.15, 0.2) is 6.29 Å². The van der Waals surface area contributed by atoms with Gasteiger partial charge in [-0.05, 0) is 31.0 Å².